The number of halogens is 5. The molecule has 0 saturated carbocycles. The van der Waals surface area contributed by atoms with Crippen molar-refractivity contribution in [2.75, 3.05) is 37.6 Å². The Labute approximate surface area is 161 Å². The maximum Gasteiger partial charge on any atom is 0.417 e. The predicted octanol–water partition coefficient (Wildman–Crippen LogP) is 2.73. The van der Waals surface area contributed by atoms with Crippen LogP contribution < -0.4 is 15.5 Å². The van der Waals surface area contributed by atoms with E-state index < -0.39 is 11.7 Å². The maximum absolute atomic E-state index is 12.7. The van der Waals surface area contributed by atoms with E-state index in [0.29, 0.717) is 44.2 Å². The third-order valence-corrected chi connectivity index (χ3v) is 5.02. The second kappa shape index (κ2) is 8.63. The van der Waals surface area contributed by atoms with Crippen LogP contribution in [0.25, 0.3) is 0 Å². The first-order valence-electron chi connectivity index (χ1n) is 8.30. The van der Waals surface area contributed by atoms with Gasteiger partial charge in [-0.3, -0.25) is 4.79 Å². The predicted molar refractivity (Wildman–Crippen MR) is 95.8 cm³/mol. The molecule has 2 fully saturated rings. The van der Waals surface area contributed by atoms with Crippen LogP contribution in [0.4, 0.5) is 19.0 Å². The summed E-state index contributed by atoms with van der Waals surface area (Å²) in [7, 11) is 0. The number of rotatable bonds is 4. The summed E-state index contributed by atoms with van der Waals surface area (Å²) < 4.78 is 38.0. The zero-order chi connectivity index (χ0) is 18.0. The molecular formula is C16H21Cl2F3N4O. The van der Waals surface area contributed by atoms with Crippen LogP contribution >= 0.6 is 24.0 Å². The zero-order valence-corrected chi connectivity index (χ0v) is 15.6. The van der Waals surface area contributed by atoms with Crippen LogP contribution in [0.2, 0.25) is 5.02 Å². The van der Waals surface area contributed by atoms with Crippen LogP contribution in [0.15, 0.2) is 12.3 Å². The molecule has 2 saturated heterocycles. The molecule has 0 radical (unpaired) electrons. The minimum Gasteiger partial charge on any atom is -0.355 e. The Hall–Kier alpha value is -1.25. The number of pyridine rings is 1. The summed E-state index contributed by atoms with van der Waals surface area (Å²) in [6.45, 7) is 3.66. The van der Waals surface area contributed by atoms with Crippen LogP contribution in [0.1, 0.15) is 18.4 Å². The average Bonchev–Trinajstić information content (AvgIpc) is 2.52. The van der Waals surface area contributed by atoms with Gasteiger partial charge in [-0.1, -0.05) is 11.6 Å². The van der Waals surface area contributed by atoms with Crippen molar-refractivity contribution in [3.05, 3.63) is 22.8 Å². The summed E-state index contributed by atoms with van der Waals surface area (Å²) in [6, 6.07) is 0.898. The molecule has 2 aliphatic heterocycles. The number of aromatic nitrogens is 1. The van der Waals surface area contributed by atoms with Crippen molar-refractivity contribution in [2.45, 2.75) is 19.0 Å². The van der Waals surface area contributed by atoms with E-state index in [1.54, 1.807) is 0 Å². The van der Waals surface area contributed by atoms with Crippen LogP contribution in [0.5, 0.6) is 0 Å². The van der Waals surface area contributed by atoms with Crippen LogP contribution in [-0.4, -0.2) is 43.6 Å². The van der Waals surface area contributed by atoms with E-state index in [2.05, 4.69) is 15.6 Å². The van der Waals surface area contributed by atoms with Gasteiger partial charge in [0.25, 0.3) is 0 Å². The summed E-state index contributed by atoms with van der Waals surface area (Å²) in [4.78, 5) is 17.9. The minimum absolute atomic E-state index is 0. The average molecular weight is 413 g/mol. The quantitative estimate of drug-likeness (QED) is 0.797. The smallest absolute Gasteiger partial charge is 0.355 e. The largest absolute Gasteiger partial charge is 0.417 e. The lowest BCUT2D eigenvalue weighted by Crippen LogP contribution is -2.49. The molecule has 10 heteroatoms. The number of nitrogens with one attached hydrogen (secondary N) is 2. The van der Waals surface area contributed by atoms with Gasteiger partial charge in [0, 0.05) is 50.8 Å². The van der Waals surface area contributed by atoms with Gasteiger partial charge in [0.15, 0.2) is 0 Å². The van der Waals surface area contributed by atoms with E-state index >= 15 is 0 Å². The van der Waals surface area contributed by atoms with Gasteiger partial charge in [-0.2, -0.15) is 13.2 Å². The molecule has 2 aliphatic rings. The molecule has 1 amide bonds. The summed E-state index contributed by atoms with van der Waals surface area (Å²) in [6.07, 6.45) is -2.40. The summed E-state index contributed by atoms with van der Waals surface area (Å²) in [5, 5.41) is 6.12. The number of carbonyl (C=O) groups excluding carboxylic acids is 1. The number of amides is 1. The highest BCUT2D eigenvalue weighted by Crippen LogP contribution is 2.34. The molecule has 5 nitrogen and oxygen atoms in total. The summed E-state index contributed by atoms with van der Waals surface area (Å²) >= 11 is 5.99. The molecule has 1 aromatic heterocycles. The highest BCUT2D eigenvalue weighted by atomic mass is 35.5. The van der Waals surface area contributed by atoms with Crippen molar-refractivity contribution in [3.63, 3.8) is 0 Å². The maximum atomic E-state index is 12.7. The Morgan fingerprint density at radius 2 is 2.00 bits per heavy atom. The van der Waals surface area contributed by atoms with Crippen LogP contribution in [0.3, 0.4) is 0 Å². The molecule has 26 heavy (non-hydrogen) atoms. The van der Waals surface area contributed by atoms with Gasteiger partial charge in [0.05, 0.1) is 10.6 Å². The van der Waals surface area contributed by atoms with E-state index in [4.69, 9.17) is 11.6 Å². The fourth-order valence-electron chi connectivity index (χ4n) is 3.05. The van der Waals surface area contributed by atoms with Gasteiger partial charge in [-0.15, -0.1) is 12.4 Å². The fourth-order valence-corrected chi connectivity index (χ4v) is 3.34. The second-order valence-electron chi connectivity index (χ2n) is 6.56. The first-order chi connectivity index (χ1) is 11.8. The second-order valence-corrected chi connectivity index (χ2v) is 6.97. The first-order valence-corrected chi connectivity index (χ1v) is 8.68. The number of piperidine rings is 1. The molecule has 0 aromatic carbocycles. The van der Waals surface area contributed by atoms with Gasteiger partial charge >= 0.3 is 6.18 Å². The van der Waals surface area contributed by atoms with Gasteiger partial charge in [0.2, 0.25) is 5.91 Å². The SMILES string of the molecule is Cl.O=C(NCC1CNC1)C1CCN(c2ncc(C(F)(F)F)cc2Cl)CC1. The Morgan fingerprint density at radius 1 is 1.35 bits per heavy atom. The van der Waals surface area contributed by atoms with Gasteiger partial charge in [-0.25, -0.2) is 4.98 Å². The van der Waals surface area contributed by atoms with Crippen molar-refractivity contribution in [1.82, 2.24) is 15.6 Å². The van der Waals surface area contributed by atoms with Gasteiger partial charge < -0.3 is 15.5 Å². The number of hydrogen-bond donors (Lipinski definition) is 2. The lowest BCUT2D eigenvalue weighted by molar-refractivity contribution is -0.137. The first kappa shape index (κ1) is 21.1. The lowest BCUT2D eigenvalue weighted by Gasteiger charge is -2.33. The highest BCUT2D eigenvalue weighted by Gasteiger charge is 2.33. The van der Waals surface area contributed by atoms with Crippen molar-refractivity contribution in [3.8, 4) is 0 Å². The number of nitrogens with zero attached hydrogens (tertiary/aromatic N) is 2. The highest BCUT2D eigenvalue weighted by molar-refractivity contribution is 6.33. The molecule has 0 atom stereocenters. The summed E-state index contributed by atoms with van der Waals surface area (Å²) in [5.41, 5.74) is -0.860. The molecule has 3 rings (SSSR count). The number of anilines is 1. The standard InChI is InChI=1S/C16H20ClF3N4O.ClH/c17-13-5-12(16(18,19)20)9-22-14(13)24-3-1-11(2-4-24)15(25)23-8-10-6-21-7-10;/h5,9-11,21H,1-4,6-8H2,(H,23,25);1H. The normalized spacial score (nSPS) is 18.8. The third-order valence-electron chi connectivity index (χ3n) is 4.75. The molecule has 0 aliphatic carbocycles. The van der Waals surface area contributed by atoms with Crippen molar-refractivity contribution in [1.29, 1.82) is 0 Å². The fraction of sp³-hybridized carbons (Fsp3) is 0.625. The van der Waals surface area contributed by atoms with E-state index in [9.17, 15) is 18.0 Å². The Bertz CT molecular complexity index is 632. The zero-order valence-electron chi connectivity index (χ0n) is 14.0. The Kier molecular flexibility index (Phi) is 6.99. The topological polar surface area (TPSA) is 57.3 Å². The number of hydrogen-bond acceptors (Lipinski definition) is 4. The van der Waals surface area contributed by atoms with Crippen LogP contribution in [0, 0.1) is 11.8 Å². The molecule has 1 aromatic rings. The van der Waals surface area contributed by atoms with Crippen molar-refractivity contribution >= 4 is 35.7 Å². The van der Waals surface area contributed by atoms with E-state index in [1.807, 2.05) is 4.90 Å². The van der Waals surface area contributed by atoms with Crippen molar-refractivity contribution < 1.29 is 18.0 Å². The Morgan fingerprint density at radius 3 is 2.50 bits per heavy atom. The summed E-state index contributed by atoms with van der Waals surface area (Å²) in [5.74, 6) is 0.837. The molecule has 0 bridgehead atoms. The lowest BCUT2D eigenvalue weighted by atomic mass is 9.95. The van der Waals surface area contributed by atoms with E-state index in [-0.39, 0.29) is 29.3 Å². The van der Waals surface area contributed by atoms with Crippen LogP contribution in [-0.2, 0) is 11.0 Å². The monoisotopic (exact) mass is 412 g/mol. The van der Waals surface area contributed by atoms with E-state index in [1.165, 1.54) is 0 Å². The molecule has 3 heterocycles. The number of carbonyl (C=O) groups is 1. The van der Waals surface area contributed by atoms with E-state index in [0.717, 1.165) is 25.4 Å². The molecular weight excluding hydrogens is 392 g/mol. The minimum atomic E-state index is -4.46. The van der Waals surface area contributed by atoms with Gasteiger partial charge in [-0.05, 0) is 18.9 Å². The molecule has 0 spiro atoms. The molecule has 0 unspecified atom stereocenters. The molecule has 146 valence electrons. The number of alkyl halides is 3. The van der Waals surface area contributed by atoms with Crippen molar-refractivity contribution in [2.24, 2.45) is 11.8 Å². The molecule has 2 N–H and O–H groups in total. The van der Waals surface area contributed by atoms with Gasteiger partial charge in [0.1, 0.15) is 5.82 Å². The third kappa shape index (κ3) is 4.92. The Balaban J connectivity index is 0.00000243.